The summed E-state index contributed by atoms with van der Waals surface area (Å²) in [5, 5.41) is 59.7. The lowest BCUT2D eigenvalue weighted by Gasteiger charge is -2.33. The minimum atomic E-state index is -2.04. The maximum absolute atomic E-state index is 13.7. The lowest BCUT2D eigenvalue weighted by molar-refractivity contribution is -0.149. The lowest BCUT2D eigenvalue weighted by atomic mass is 9.80. The smallest absolute Gasteiger partial charge is 0.126 e. The van der Waals surface area contributed by atoms with Crippen LogP contribution in [-0.4, -0.2) is 67.8 Å². The van der Waals surface area contributed by atoms with Gasteiger partial charge in [-0.05, 0) is 66.5 Å². The summed E-state index contributed by atoms with van der Waals surface area (Å²) >= 11 is 0. The van der Waals surface area contributed by atoms with E-state index >= 15 is 0 Å². The van der Waals surface area contributed by atoms with Crippen LogP contribution >= 0.6 is 0 Å². The van der Waals surface area contributed by atoms with E-state index in [1.54, 1.807) is 6.92 Å². The third-order valence-corrected chi connectivity index (χ3v) is 5.75. The van der Waals surface area contributed by atoms with Gasteiger partial charge in [0.25, 0.3) is 0 Å². The molecule has 0 aromatic heterocycles. The molecule has 3 unspecified atom stereocenters. The molecule has 2 rings (SSSR count). The second-order valence-electron chi connectivity index (χ2n) is 8.78. The number of aliphatic hydroxyl groups excluding tert-OH is 6. The van der Waals surface area contributed by atoms with Crippen molar-refractivity contribution in [3.63, 3.8) is 0 Å². The molecule has 0 saturated carbocycles. The Morgan fingerprint density at radius 3 is 1.47 bits per heavy atom. The predicted octanol–water partition coefficient (Wildman–Crippen LogP) is 1.47. The molecule has 7 atom stereocenters. The largest absolute Gasteiger partial charge is 0.394 e. The van der Waals surface area contributed by atoms with Crippen LogP contribution in [0.5, 0.6) is 0 Å². The highest BCUT2D eigenvalue weighted by molar-refractivity contribution is 5.20. The SMILES string of the molecule is CC(Cc1cc(F)cc(F)c1)CC(Cc1cc(F)cc(F)c1)C(O)[C@@H](O)[C@@H](O)[C@H](O)[C@@H](O)CO. The molecular weight excluding hydrogens is 460 g/mol. The summed E-state index contributed by atoms with van der Waals surface area (Å²) in [6.07, 6.45) is -9.38. The summed E-state index contributed by atoms with van der Waals surface area (Å²) in [5.41, 5.74) is 0.500. The molecule has 0 aliphatic heterocycles. The fourth-order valence-electron chi connectivity index (χ4n) is 4.12. The maximum atomic E-state index is 13.7. The first-order chi connectivity index (χ1) is 15.9. The quantitative estimate of drug-likeness (QED) is 0.251. The topological polar surface area (TPSA) is 121 Å². The van der Waals surface area contributed by atoms with Gasteiger partial charge in [0.05, 0.1) is 12.7 Å². The highest BCUT2D eigenvalue weighted by atomic mass is 19.1. The van der Waals surface area contributed by atoms with Crippen molar-refractivity contribution in [1.82, 2.24) is 0 Å². The number of hydrogen-bond acceptors (Lipinski definition) is 6. The molecule has 0 bridgehead atoms. The molecule has 2 aromatic rings. The summed E-state index contributed by atoms with van der Waals surface area (Å²) in [7, 11) is 0. The Kier molecular flexibility index (Phi) is 10.4. The van der Waals surface area contributed by atoms with Crippen LogP contribution in [0.3, 0.4) is 0 Å². The normalized spacial score (nSPS) is 18.1. The van der Waals surface area contributed by atoms with Crippen molar-refractivity contribution < 1.29 is 48.2 Å². The van der Waals surface area contributed by atoms with Gasteiger partial charge in [-0.1, -0.05) is 6.92 Å². The molecule has 0 aliphatic rings. The first kappa shape index (κ1) is 28.2. The zero-order chi connectivity index (χ0) is 25.6. The van der Waals surface area contributed by atoms with Crippen LogP contribution in [0.1, 0.15) is 24.5 Å². The Bertz CT molecular complexity index is 890. The van der Waals surface area contributed by atoms with Gasteiger partial charge in [0.2, 0.25) is 0 Å². The molecule has 0 fully saturated rings. The Labute approximate surface area is 194 Å². The molecule has 0 saturated heterocycles. The minimum absolute atomic E-state index is 0.0971. The van der Waals surface area contributed by atoms with E-state index in [2.05, 4.69) is 0 Å². The van der Waals surface area contributed by atoms with Crippen LogP contribution in [0.2, 0.25) is 0 Å². The molecule has 34 heavy (non-hydrogen) atoms. The molecule has 0 amide bonds. The molecule has 0 radical (unpaired) electrons. The van der Waals surface area contributed by atoms with Crippen LogP contribution < -0.4 is 0 Å². The van der Waals surface area contributed by atoms with Gasteiger partial charge in [-0.3, -0.25) is 0 Å². The fourth-order valence-corrected chi connectivity index (χ4v) is 4.12. The summed E-state index contributed by atoms with van der Waals surface area (Å²) in [4.78, 5) is 0. The molecule has 190 valence electrons. The van der Waals surface area contributed by atoms with E-state index < -0.39 is 66.3 Å². The number of benzene rings is 2. The molecule has 10 heteroatoms. The average molecular weight is 490 g/mol. The zero-order valence-electron chi connectivity index (χ0n) is 18.5. The Morgan fingerprint density at radius 2 is 1.03 bits per heavy atom. The number of aliphatic hydroxyl groups is 6. The Balaban J connectivity index is 2.25. The van der Waals surface area contributed by atoms with Crippen molar-refractivity contribution in [1.29, 1.82) is 0 Å². The first-order valence-electron chi connectivity index (χ1n) is 10.8. The third-order valence-electron chi connectivity index (χ3n) is 5.75. The Hall–Kier alpha value is -2.08. The molecule has 0 aliphatic carbocycles. The minimum Gasteiger partial charge on any atom is -0.394 e. The maximum Gasteiger partial charge on any atom is 0.126 e. The van der Waals surface area contributed by atoms with E-state index in [1.807, 2.05) is 0 Å². The van der Waals surface area contributed by atoms with E-state index in [-0.39, 0.29) is 30.7 Å². The molecule has 2 aromatic carbocycles. The van der Waals surface area contributed by atoms with Crippen molar-refractivity contribution in [3.05, 3.63) is 70.8 Å². The van der Waals surface area contributed by atoms with Gasteiger partial charge in [0.15, 0.2) is 0 Å². The van der Waals surface area contributed by atoms with Gasteiger partial charge >= 0.3 is 0 Å². The molecule has 6 N–H and O–H groups in total. The van der Waals surface area contributed by atoms with E-state index in [0.29, 0.717) is 11.6 Å². The summed E-state index contributed by atoms with van der Waals surface area (Å²) < 4.78 is 54.4. The molecule has 0 spiro atoms. The predicted molar refractivity (Wildman–Crippen MR) is 115 cm³/mol. The van der Waals surface area contributed by atoms with Crippen LogP contribution in [0.4, 0.5) is 17.6 Å². The van der Waals surface area contributed by atoms with Crippen LogP contribution in [0, 0.1) is 35.1 Å². The van der Waals surface area contributed by atoms with E-state index in [0.717, 1.165) is 30.3 Å². The second-order valence-corrected chi connectivity index (χ2v) is 8.78. The van der Waals surface area contributed by atoms with Gasteiger partial charge < -0.3 is 30.6 Å². The summed E-state index contributed by atoms with van der Waals surface area (Å²) in [6, 6.07) is 5.78. The second kappa shape index (κ2) is 12.6. The summed E-state index contributed by atoms with van der Waals surface area (Å²) in [6.45, 7) is 0.802. The number of halogens is 4. The molecule has 0 heterocycles. The average Bonchev–Trinajstić information content (AvgIpc) is 2.74. The highest BCUT2D eigenvalue weighted by Crippen LogP contribution is 2.27. The Morgan fingerprint density at radius 1 is 0.618 bits per heavy atom. The number of rotatable bonds is 12. The number of hydrogen-bond donors (Lipinski definition) is 6. The van der Waals surface area contributed by atoms with Gasteiger partial charge in [0, 0.05) is 12.1 Å². The van der Waals surface area contributed by atoms with Crippen molar-refractivity contribution in [2.75, 3.05) is 6.61 Å². The molecule has 6 nitrogen and oxygen atoms in total. The molecular formula is C24H30F4O6. The summed E-state index contributed by atoms with van der Waals surface area (Å²) in [5.74, 6) is -4.48. The van der Waals surface area contributed by atoms with Gasteiger partial charge in [-0.25, -0.2) is 17.6 Å². The third kappa shape index (κ3) is 8.00. The standard InChI is InChI=1S/C24H30F4O6/c1-12(2-13-5-16(25)9-17(26)6-13)3-15(4-14-7-18(27)10-19(28)8-14)21(31)23(33)24(34)22(32)20(30)11-29/h5-10,12,15,20-24,29-34H,2-4,11H2,1H3/t12?,15?,20-,21?,22+,23+,24-/m0/s1. The van der Waals surface area contributed by atoms with Crippen LogP contribution in [-0.2, 0) is 12.8 Å². The van der Waals surface area contributed by atoms with E-state index in [1.165, 1.54) is 0 Å². The van der Waals surface area contributed by atoms with Crippen molar-refractivity contribution in [3.8, 4) is 0 Å². The van der Waals surface area contributed by atoms with Crippen molar-refractivity contribution >= 4 is 0 Å². The van der Waals surface area contributed by atoms with E-state index in [9.17, 15) is 43.1 Å². The first-order valence-corrected chi connectivity index (χ1v) is 10.8. The van der Waals surface area contributed by atoms with Crippen LogP contribution in [0.25, 0.3) is 0 Å². The van der Waals surface area contributed by atoms with Gasteiger partial charge in [-0.2, -0.15) is 0 Å². The van der Waals surface area contributed by atoms with Crippen molar-refractivity contribution in [2.45, 2.75) is 56.7 Å². The van der Waals surface area contributed by atoms with Crippen molar-refractivity contribution in [2.24, 2.45) is 11.8 Å². The highest BCUT2D eigenvalue weighted by Gasteiger charge is 2.37. The van der Waals surface area contributed by atoms with E-state index in [4.69, 9.17) is 5.11 Å². The van der Waals surface area contributed by atoms with Gasteiger partial charge in [-0.15, -0.1) is 0 Å². The van der Waals surface area contributed by atoms with Gasteiger partial charge in [0.1, 0.15) is 47.7 Å². The monoisotopic (exact) mass is 490 g/mol. The fraction of sp³-hybridized carbons (Fsp3) is 0.500. The van der Waals surface area contributed by atoms with Crippen LogP contribution in [0.15, 0.2) is 36.4 Å². The lowest BCUT2D eigenvalue weighted by Crippen LogP contribution is -2.52. The zero-order valence-corrected chi connectivity index (χ0v) is 18.5.